The van der Waals surface area contributed by atoms with Crippen LogP contribution in [0.1, 0.15) is 40.0 Å². The van der Waals surface area contributed by atoms with E-state index in [0.717, 1.165) is 31.1 Å². The molecule has 4 nitrogen and oxygen atoms in total. The second-order valence-corrected chi connectivity index (χ2v) is 5.47. The lowest BCUT2D eigenvalue weighted by Crippen LogP contribution is -2.30. The molecular formula is C14H24N4. The van der Waals surface area contributed by atoms with Crippen LogP contribution in [0.3, 0.4) is 0 Å². The van der Waals surface area contributed by atoms with E-state index in [1.165, 1.54) is 12.8 Å². The molecule has 0 radical (unpaired) electrons. The van der Waals surface area contributed by atoms with E-state index in [9.17, 15) is 0 Å². The minimum absolute atomic E-state index is 0.660. The molecule has 0 aliphatic heterocycles. The quantitative estimate of drug-likeness (QED) is 0.805. The summed E-state index contributed by atoms with van der Waals surface area (Å²) in [7, 11) is 0. The maximum Gasteiger partial charge on any atom is 0.134 e. The highest BCUT2D eigenvalue weighted by atomic mass is 15.2. The molecule has 0 amide bonds. The van der Waals surface area contributed by atoms with Gasteiger partial charge in [0, 0.05) is 25.2 Å². The van der Waals surface area contributed by atoms with E-state index in [-0.39, 0.29) is 0 Å². The average molecular weight is 248 g/mol. The van der Waals surface area contributed by atoms with Gasteiger partial charge in [-0.1, -0.05) is 20.8 Å². The molecule has 1 aromatic heterocycles. The zero-order chi connectivity index (χ0) is 13.0. The fourth-order valence-electron chi connectivity index (χ4n) is 2.06. The minimum Gasteiger partial charge on any atom is -0.370 e. The highest BCUT2D eigenvalue weighted by Crippen LogP contribution is 2.31. The highest BCUT2D eigenvalue weighted by molar-refractivity contribution is 5.50. The van der Waals surface area contributed by atoms with E-state index in [0.29, 0.717) is 12.0 Å². The van der Waals surface area contributed by atoms with Gasteiger partial charge in [0.2, 0.25) is 0 Å². The molecule has 1 aliphatic carbocycles. The van der Waals surface area contributed by atoms with Crippen LogP contribution in [0.4, 0.5) is 11.6 Å². The summed E-state index contributed by atoms with van der Waals surface area (Å²) in [4.78, 5) is 11.1. The maximum atomic E-state index is 4.44. The molecule has 0 bridgehead atoms. The van der Waals surface area contributed by atoms with Gasteiger partial charge in [-0.3, -0.25) is 0 Å². The van der Waals surface area contributed by atoms with Crippen molar-refractivity contribution in [3.8, 4) is 0 Å². The van der Waals surface area contributed by atoms with E-state index in [4.69, 9.17) is 0 Å². The van der Waals surface area contributed by atoms with Gasteiger partial charge in [0.25, 0.3) is 0 Å². The summed E-state index contributed by atoms with van der Waals surface area (Å²) < 4.78 is 0. The minimum atomic E-state index is 0.660. The maximum absolute atomic E-state index is 4.44. The summed E-state index contributed by atoms with van der Waals surface area (Å²) in [6, 6.07) is 2.78. The van der Waals surface area contributed by atoms with Crippen molar-refractivity contribution in [1.29, 1.82) is 0 Å². The largest absolute Gasteiger partial charge is 0.370 e. The van der Waals surface area contributed by atoms with Crippen LogP contribution in [-0.2, 0) is 0 Å². The zero-order valence-corrected chi connectivity index (χ0v) is 11.7. The Kier molecular flexibility index (Phi) is 4.39. The second-order valence-electron chi connectivity index (χ2n) is 5.47. The summed E-state index contributed by atoms with van der Waals surface area (Å²) in [6.45, 7) is 8.71. The lowest BCUT2D eigenvalue weighted by molar-refractivity contribution is 0.602. The summed E-state index contributed by atoms with van der Waals surface area (Å²) in [5.74, 6) is 2.67. The van der Waals surface area contributed by atoms with Crippen molar-refractivity contribution < 1.29 is 0 Å². The van der Waals surface area contributed by atoms with Crippen molar-refractivity contribution in [2.24, 2.45) is 5.92 Å². The molecule has 0 saturated heterocycles. The van der Waals surface area contributed by atoms with E-state index in [1.54, 1.807) is 6.33 Å². The van der Waals surface area contributed by atoms with Gasteiger partial charge in [0.1, 0.15) is 18.0 Å². The molecule has 0 aromatic carbocycles. The van der Waals surface area contributed by atoms with Crippen LogP contribution in [0, 0.1) is 5.92 Å². The lowest BCUT2D eigenvalue weighted by atomic mass is 10.2. The van der Waals surface area contributed by atoms with E-state index in [1.807, 2.05) is 0 Å². The van der Waals surface area contributed by atoms with Crippen molar-refractivity contribution in [3.63, 3.8) is 0 Å². The molecule has 1 aliphatic rings. The number of anilines is 2. The topological polar surface area (TPSA) is 41.0 Å². The molecule has 4 heteroatoms. The molecule has 0 unspecified atom stereocenters. The monoisotopic (exact) mass is 248 g/mol. The molecule has 1 fully saturated rings. The van der Waals surface area contributed by atoms with Crippen molar-refractivity contribution >= 4 is 11.6 Å². The zero-order valence-electron chi connectivity index (χ0n) is 11.7. The van der Waals surface area contributed by atoms with Gasteiger partial charge in [0.05, 0.1) is 0 Å². The van der Waals surface area contributed by atoms with Gasteiger partial charge in [-0.05, 0) is 25.2 Å². The Morgan fingerprint density at radius 1 is 1.39 bits per heavy atom. The molecule has 1 N–H and O–H groups in total. The molecule has 100 valence electrons. The van der Waals surface area contributed by atoms with Gasteiger partial charge < -0.3 is 10.2 Å². The predicted octanol–water partition coefficient (Wildman–Crippen LogP) is 2.92. The Balaban J connectivity index is 2.08. The van der Waals surface area contributed by atoms with Crippen molar-refractivity contribution in [3.05, 3.63) is 12.4 Å². The summed E-state index contributed by atoms with van der Waals surface area (Å²) in [5, 5.41) is 3.32. The molecule has 0 spiro atoms. The van der Waals surface area contributed by atoms with Crippen molar-refractivity contribution in [1.82, 2.24) is 9.97 Å². The number of aromatic nitrogens is 2. The lowest BCUT2D eigenvalue weighted by Gasteiger charge is -2.25. The van der Waals surface area contributed by atoms with Crippen LogP contribution >= 0.6 is 0 Å². The number of hydrogen-bond donors (Lipinski definition) is 1. The van der Waals surface area contributed by atoms with Crippen LogP contribution in [0.5, 0.6) is 0 Å². The molecule has 18 heavy (non-hydrogen) atoms. The Bertz CT molecular complexity index is 374. The first-order chi connectivity index (χ1) is 8.70. The smallest absolute Gasteiger partial charge is 0.134 e. The fourth-order valence-corrected chi connectivity index (χ4v) is 2.06. The molecule has 1 aromatic rings. The summed E-state index contributed by atoms with van der Waals surface area (Å²) >= 11 is 0. The fraction of sp³-hybridized carbons (Fsp3) is 0.714. The first-order valence-corrected chi connectivity index (χ1v) is 7.03. The second kappa shape index (κ2) is 6.03. The van der Waals surface area contributed by atoms with Gasteiger partial charge in [0.15, 0.2) is 0 Å². The molecule has 1 heterocycles. The molecule has 0 atom stereocenters. The molecule has 2 rings (SSSR count). The average Bonchev–Trinajstić information content (AvgIpc) is 3.18. The van der Waals surface area contributed by atoms with Gasteiger partial charge in [-0.2, -0.15) is 0 Å². The summed E-state index contributed by atoms with van der Waals surface area (Å²) in [6.07, 6.45) is 5.38. The number of nitrogens with zero attached hydrogens (tertiary/aromatic N) is 3. The van der Waals surface area contributed by atoms with E-state index >= 15 is 0 Å². The van der Waals surface area contributed by atoms with E-state index < -0.39 is 0 Å². The highest BCUT2D eigenvalue weighted by Gasteiger charge is 2.30. The first kappa shape index (κ1) is 13.1. The third-order valence-corrected chi connectivity index (χ3v) is 3.05. The van der Waals surface area contributed by atoms with Gasteiger partial charge >= 0.3 is 0 Å². The van der Waals surface area contributed by atoms with Gasteiger partial charge in [-0.25, -0.2) is 9.97 Å². The van der Waals surface area contributed by atoms with Crippen LogP contribution < -0.4 is 10.2 Å². The SMILES string of the molecule is CCCNc1cc(N(CC(C)C)C2CC2)ncn1. The third-order valence-electron chi connectivity index (χ3n) is 3.05. The van der Waals surface area contributed by atoms with Crippen LogP contribution in [0.25, 0.3) is 0 Å². The van der Waals surface area contributed by atoms with Crippen LogP contribution in [-0.4, -0.2) is 29.1 Å². The Labute approximate surface area is 110 Å². The molecule has 1 saturated carbocycles. The van der Waals surface area contributed by atoms with Crippen molar-refractivity contribution in [2.45, 2.75) is 46.1 Å². The third kappa shape index (κ3) is 3.59. The summed E-state index contributed by atoms with van der Waals surface area (Å²) in [5.41, 5.74) is 0. The molecular weight excluding hydrogens is 224 g/mol. The van der Waals surface area contributed by atoms with E-state index in [2.05, 4.69) is 47.0 Å². The van der Waals surface area contributed by atoms with Crippen molar-refractivity contribution in [2.75, 3.05) is 23.3 Å². The number of hydrogen-bond acceptors (Lipinski definition) is 4. The van der Waals surface area contributed by atoms with Gasteiger partial charge in [-0.15, -0.1) is 0 Å². The Morgan fingerprint density at radius 2 is 2.17 bits per heavy atom. The predicted molar refractivity (Wildman–Crippen MR) is 76.0 cm³/mol. The standard InChI is InChI=1S/C14H24N4/c1-4-7-15-13-8-14(17-10-16-13)18(9-11(2)3)12-5-6-12/h8,10-12H,4-7,9H2,1-3H3,(H,15,16,17). The first-order valence-electron chi connectivity index (χ1n) is 7.03. The Morgan fingerprint density at radius 3 is 2.78 bits per heavy atom. The normalized spacial score (nSPS) is 14.9. The van der Waals surface area contributed by atoms with Crippen LogP contribution in [0.2, 0.25) is 0 Å². The number of rotatable bonds is 7. The number of nitrogens with one attached hydrogen (secondary N) is 1. The Hall–Kier alpha value is -1.32. The van der Waals surface area contributed by atoms with Crippen LogP contribution in [0.15, 0.2) is 12.4 Å².